The predicted octanol–water partition coefficient (Wildman–Crippen LogP) is 4.03. The van der Waals surface area contributed by atoms with Crippen LogP contribution in [0.25, 0.3) is 11.3 Å². The van der Waals surface area contributed by atoms with Gasteiger partial charge in [0.1, 0.15) is 42.1 Å². The van der Waals surface area contributed by atoms with Gasteiger partial charge < -0.3 is 24.4 Å². The van der Waals surface area contributed by atoms with Gasteiger partial charge in [0.05, 0.1) is 29.5 Å². The molecule has 39 heavy (non-hydrogen) atoms. The van der Waals surface area contributed by atoms with Crippen molar-refractivity contribution in [3.63, 3.8) is 0 Å². The van der Waals surface area contributed by atoms with Gasteiger partial charge in [-0.15, -0.1) is 5.10 Å². The van der Waals surface area contributed by atoms with Crippen LogP contribution < -0.4 is 0 Å². The molecule has 1 aliphatic heterocycles. The van der Waals surface area contributed by atoms with Crippen molar-refractivity contribution in [3.05, 3.63) is 64.0 Å². The van der Waals surface area contributed by atoms with Crippen molar-refractivity contribution in [2.24, 2.45) is 0 Å². The third kappa shape index (κ3) is 6.68. The van der Waals surface area contributed by atoms with Gasteiger partial charge in [-0.05, 0) is 37.3 Å². The van der Waals surface area contributed by atoms with Crippen LogP contribution in [0.2, 0.25) is 10.0 Å². The van der Waals surface area contributed by atoms with Gasteiger partial charge in [0.15, 0.2) is 17.5 Å². The van der Waals surface area contributed by atoms with Gasteiger partial charge in [-0.3, -0.25) is 0 Å². The summed E-state index contributed by atoms with van der Waals surface area (Å²) < 4.78 is 59.0. The molecule has 0 spiro atoms. The van der Waals surface area contributed by atoms with Gasteiger partial charge >= 0.3 is 5.97 Å². The molecule has 0 saturated carbocycles. The average molecular weight is 608 g/mol. The zero-order valence-electron chi connectivity index (χ0n) is 20.1. The van der Waals surface area contributed by atoms with Gasteiger partial charge in [0.25, 0.3) is 0 Å². The van der Waals surface area contributed by atoms with Crippen molar-refractivity contribution in [1.29, 1.82) is 0 Å². The Labute approximate surface area is 234 Å². The highest BCUT2D eigenvalue weighted by Gasteiger charge is 2.48. The standard InChI is InChI=1S/C24H22Cl2F3N3O6S/c1-2-36-19(34)10-37-23-21(32-8-17(30-31-32)11-5-15(27)20(29)16(28)6-11)22(35)18(9-33)38-24(23)39-12-3-4-13(25)14(26)7-12/h3-8,18,21-24,33,35H,2,9-10H2,1H3/t18-,21+,22+,23-,24-/m1/s1. The van der Waals surface area contributed by atoms with Crippen molar-refractivity contribution in [2.45, 2.75) is 41.6 Å². The van der Waals surface area contributed by atoms with E-state index in [1.165, 1.54) is 10.9 Å². The molecule has 5 atom stereocenters. The number of thioether (sulfide) groups is 1. The van der Waals surface area contributed by atoms with Crippen molar-refractivity contribution < 1.29 is 42.4 Å². The fourth-order valence-electron chi connectivity index (χ4n) is 3.94. The van der Waals surface area contributed by atoms with Gasteiger partial charge in [-0.1, -0.05) is 40.2 Å². The predicted molar refractivity (Wildman–Crippen MR) is 135 cm³/mol. The fraction of sp³-hybridized carbons (Fsp3) is 0.375. The number of benzene rings is 2. The maximum Gasteiger partial charge on any atom is 0.332 e. The minimum absolute atomic E-state index is 0.0372. The average Bonchev–Trinajstić information content (AvgIpc) is 3.39. The zero-order chi connectivity index (χ0) is 28.3. The summed E-state index contributed by atoms with van der Waals surface area (Å²) in [6.07, 6.45) is -2.38. The van der Waals surface area contributed by atoms with Crippen LogP contribution in [0.5, 0.6) is 0 Å². The number of aromatic nitrogens is 3. The highest BCUT2D eigenvalue weighted by Crippen LogP contribution is 2.41. The quantitative estimate of drug-likeness (QED) is 0.275. The molecule has 0 bridgehead atoms. The van der Waals surface area contributed by atoms with Crippen molar-refractivity contribution in [3.8, 4) is 11.3 Å². The molecule has 0 aliphatic carbocycles. The molecular formula is C24H22Cl2F3N3O6S. The molecule has 210 valence electrons. The maximum atomic E-state index is 13.8. The fourth-order valence-corrected chi connectivity index (χ4v) is 5.48. The lowest BCUT2D eigenvalue weighted by atomic mass is 9.97. The van der Waals surface area contributed by atoms with Crippen LogP contribution in [-0.2, 0) is 19.0 Å². The molecular weight excluding hydrogens is 586 g/mol. The van der Waals surface area contributed by atoms with Gasteiger partial charge in [-0.2, -0.15) is 0 Å². The summed E-state index contributed by atoms with van der Waals surface area (Å²) in [5, 5.41) is 29.5. The molecule has 9 nitrogen and oxygen atoms in total. The summed E-state index contributed by atoms with van der Waals surface area (Å²) in [6.45, 7) is 0.640. The van der Waals surface area contributed by atoms with Gasteiger partial charge in [0, 0.05) is 10.5 Å². The zero-order valence-corrected chi connectivity index (χ0v) is 22.5. The summed E-state index contributed by atoms with van der Waals surface area (Å²) in [5.74, 6) is -5.14. The smallest absolute Gasteiger partial charge is 0.332 e. The minimum Gasteiger partial charge on any atom is -0.464 e. The minimum atomic E-state index is -1.63. The van der Waals surface area contributed by atoms with E-state index in [9.17, 15) is 28.2 Å². The van der Waals surface area contributed by atoms with E-state index in [-0.39, 0.29) is 22.9 Å². The normalized spacial score (nSPS) is 23.1. The number of rotatable bonds is 9. The maximum absolute atomic E-state index is 13.8. The van der Waals surface area contributed by atoms with Crippen LogP contribution >= 0.6 is 35.0 Å². The number of carbonyl (C=O) groups excluding carboxylic acids is 1. The Bertz CT molecular complexity index is 1310. The number of nitrogens with zero attached hydrogens (tertiary/aromatic N) is 3. The molecule has 1 fully saturated rings. The molecule has 2 aromatic carbocycles. The number of ether oxygens (including phenoxy) is 3. The van der Waals surface area contributed by atoms with Crippen molar-refractivity contribution >= 4 is 40.9 Å². The van der Waals surface area contributed by atoms with Crippen molar-refractivity contribution in [1.82, 2.24) is 15.0 Å². The first kappa shape index (κ1) is 29.6. The van der Waals surface area contributed by atoms with E-state index in [1.54, 1.807) is 25.1 Å². The van der Waals surface area contributed by atoms with Gasteiger partial charge in [0.2, 0.25) is 0 Å². The van der Waals surface area contributed by atoms with Crippen LogP contribution in [0, 0.1) is 17.5 Å². The largest absolute Gasteiger partial charge is 0.464 e. The van der Waals surface area contributed by atoms with Crippen LogP contribution in [0.15, 0.2) is 41.4 Å². The molecule has 0 radical (unpaired) electrons. The molecule has 0 unspecified atom stereocenters. The number of hydrogen-bond acceptors (Lipinski definition) is 9. The monoisotopic (exact) mass is 607 g/mol. The van der Waals surface area contributed by atoms with E-state index < -0.39 is 66.4 Å². The van der Waals surface area contributed by atoms with Crippen molar-refractivity contribution in [2.75, 3.05) is 19.8 Å². The Kier molecular flexibility index (Phi) is 9.75. The molecule has 1 saturated heterocycles. The number of esters is 1. The van der Waals surface area contributed by atoms with Crippen LogP contribution in [-0.4, -0.2) is 74.7 Å². The summed E-state index contributed by atoms with van der Waals surface area (Å²) in [7, 11) is 0. The van der Waals surface area contributed by atoms with Gasteiger partial charge in [-0.25, -0.2) is 22.6 Å². The highest BCUT2D eigenvalue weighted by molar-refractivity contribution is 7.99. The second-order valence-electron chi connectivity index (χ2n) is 8.32. The molecule has 2 heterocycles. The molecule has 1 aliphatic rings. The molecule has 4 rings (SSSR count). The van der Waals surface area contributed by atoms with Crippen LogP contribution in [0.3, 0.4) is 0 Å². The number of halogens is 5. The SMILES string of the molecule is CCOC(=O)CO[C@@H]1[C@@H](n2cc(-c3cc(F)c(F)c(F)c3)nn2)[C@@H](O)[C@@H](CO)O[C@@H]1Sc1ccc(Cl)c(Cl)c1. The summed E-state index contributed by atoms with van der Waals surface area (Å²) >= 11 is 13.3. The second-order valence-corrected chi connectivity index (χ2v) is 10.3. The Morgan fingerprint density at radius 1 is 1.18 bits per heavy atom. The Hall–Kier alpha value is -2.39. The molecule has 15 heteroatoms. The number of aliphatic hydroxyl groups is 2. The number of aliphatic hydroxyl groups excluding tert-OH is 2. The van der Waals surface area contributed by atoms with Crippen LogP contribution in [0.1, 0.15) is 13.0 Å². The topological polar surface area (TPSA) is 116 Å². The van der Waals surface area contributed by atoms with E-state index in [2.05, 4.69) is 10.3 Å². The molecule has 2 N–H and O–H groups in total. The highest BCUT2D eigenvalue weighted by atomic mass is 35.5. The molecule has 0 amide bonds. The first-order chi connectivity index (χ1) is 18.6. The Morgan fingerprint density at radius 3 is 2.54 bits per heavy atom. The van der Waals surface area contributed by atoms with E-state index in [4.69, 9.17) is 37.4 Å². The first-order valence-corrected chi connectivity index (χ1v) is 13.2. The van der Waals surface area contributed by atoms with E-state index in [0.29, 0.717) is 9.92 Å². The summed E-state index contributed by atoms with van der Waals surface area (Å²) in [4.78, 5) is 12.7. The molecule has 1 aromatic heterocycles. The van der Waals surface area contributed by atoms with E-state index >= 15 is 0 Å². The number of hydrogen-bond donors (Lipinski definition) is 2. The number of carbonyl (C=O) groups is 1. The lowest BCUT2D eigenvalue weighted by Gasteiger charge is -2.43. The third-order valence-corrected chi connectivity index (χ3v) is 7.64. The second kappa shape index (κ2) is 12.9. The van der Waals surface area contributed by atoms with Crippen LogP contribution in [0.4, 0.5) is 13.2 Å². The first-order valence-electron chi connectivity index (χ1n) is 11.5. The Morgan fingerprint density at radius 2 is 1.90 bits per heavy atom. The van der Waals surface area contributed by atoms with E-state index in [0.717, 1.165) is 23.9 Å². The van der Waals surface area contributed by atoms with E-state index in [1.807, 2.05) is 0 Å². The summed E-state index contributed by atoms with van der Waals surface area (Å²) in [5.41, 5.74) is -1.08. The lowest BCUT2D eigenvalue weighted by molar-refractivity contribution is -0.197. The lowest BCUT2D eigenvalue weighted by Crippen LogP contribution is -2.56. The Balaban J connectivity index is 1.71. The molecule has 3 aromatic rings. The summed E-state index contributed by atoms with van der Waals surface area (Å²) in [6, 6.07) is 5.22. The third-order valence-electron chi connectivity index (χ3n) is 5.76.